The van der Waals surface area contributed by atoms with Crippen molar-refractivity contribution in [1.29, 1.82) is 0 Å². The number of hydrogen-bond acceptors (Lipinski definition) is 5. The van der Waals surface area contributed by atoms with Crippen LogP contribution in [0.3, 0.4) is 0 Å². The highest BCUT2D eigenvalue weighted by molar-refractivity contribution is 5.89. The fourth-order valence-electron chi connectivity index (χ4n) is 2.97. The normalized spacial score (nSPS) is 23.9. The first-order valence-electron chi connectivity index (χ1n) is 8.00. The van der Waals surface area contributed by atoms with Gasteiger partial charge in [-0.3, -0.25) is 9.59 Å². The number of carbonyl (C=O) groups is 3. The topological polar surface area (TPSA) is 119 Å². The molecule has 2 unspecified atom stereocenters. The number of amides is 1. The lowest BCUT2D eigenvalue weighted by Gasteiger charge is -2.32. The van der Waals surface area contributed by atoms with Gasteiger partial charge in [-0.25, -0.2) is 4.79 Å². The molecule has 7 heteroatoms. The van der Waals surface area contributed by atoms with Crippen molar-refractivity contribution in [3.05, 3.63) is 0 Å². The third-order valence-electron chi connectivity index (χ3n) is 4.28. The van der Waals surface area contributed by atoms with E-state index in [9.17, 15) is 14.4 Å². The van der Waals surface area contributed by atoms with Gasteiger partial charge >= 0.3 is 11.9 Å². The molecule has 1 rings (SSSR count). The van der Waals surface area contributed by atoms with Crippen LogP contribution in [0, 0.1) is 11.3 Å². The second kappa shape index (κ2) is 7.77. The monoisotopic (exact) mass is 328 g/mol. The van der Waals surface area contributed by atoms with Crippen molar-refractivity contribution in [2.75, 3.05) is 0 Å². The van der Waals surface area contributed by atoms with E-state index in [1.54, 1.807) is 0 Å². The van der Waals surface area contributed by atoms with E-state index >= 15 is 0 Å². The SMILES string of the molecule is C[C@H](NC(=O)[C@@H](N)CC(=O)O)C(=O)OC1CCCC1C(C)(C)C. The van der Waals surface area contributed by atoms with E-state index in [2.05, 4.69) is 26.1 Å². The quantitative estimate of drug-likeness (QED) is 0.627. The van der Waals surface area contributed by atoms with Gasteiger partial charge < -0.3 is 20.9 Å². The minimum Gasteiger partial charge on any atom is -0.481 e. The second-order valence-electron chi connectivity index (χ2n) is 7.31. The van der Waals surface area contributed by atoms with E-state index in [1.807, 2.05) is 0 Å². The summed E-state index contributed by atoms with van der Waals surface area (Å²) in [6.45, 7) is 7.88. The summed E-state index contributed by atoms with van der Waals surface area (Å²) in [5.41, 5.74) is 5.52. The maximum atomic E-state index is 12.2. The molecular weight excluding hydrogens is 300 g/mol. The second-order valence-corrected chi connectivity index (χ2v) is 7.31. The van der Waals surface area contributed by atoms with Crippen LogP contribution in [0.15, 0.2) is 0 Å². The molecule has 0 aromatic carbocycles. The van der Waals surface area contributed by atoms with Gasteiger partial charge in [-0.05, 0) is 31.6 Å². The molecule has 0 aliphatic heterocycles. The van der Waals surface area contributed by atoms with E-state index in [-0.39, 0.29) is 11.5 Å². The van der Waals surface area contributed by atoms with Crippen molar-refractivity contribution in [2.45, 2.75) is 71.6 Å². The van der Waals surface area contributed by atoms with Crippen molar-refractivity contribution in [3.8, 4) is 0 Å². The van der Waals surface area contributed by atoms with Crippen LogP contribution in [-0.4, -0.2) is 41.1 Å². The Morgan fingerprint density at radius 2 is 1.91 bits per heavy atom. The lowest BCUT2D eigenvalue weighted by atomic mass is 9.78. The molecule has 132 valence electrons. The molecule has 23 heavy (non-hydrogen) atoms. The number of carbonyl (C=O) groups excluding carboxylic acids is 2. The highest BCUT2D eigenvalue weighted by Gasteiger charge is 2.39. The number of rotatable bonds is 6. The van der Waals surface area contributed by atoms with Crippen molar-refractivity contribution in [3.63, 3.8) is 0 Å². The summed E-state index contributed by atoms with van der Waals surface area (Å²) in [6.07, 6.45) is 2.24. The maximum Gasteiger partial charge on any atom is 0.328 e. The minimum atomic E-state index is -1.18. The van der Waals surface area contributed by atoms with E-state index in [1.165, 1.54) is 6.92 Å². The first-order valence-corrected chi connectivity index (χ1v) is 8.00. The van der Waals surface area contributed by atoms with Gasteiger partial charge in [0.15, 0.2) is 0 Å². The fourth-order valence-corrected chi connectivity index (χ4v) is 2.97. The van der Waals surface area contributed by atoms with Gasteiger partial charge in [0.1, 0.15) is 12.1 Å². The third-order valence-corrected chi connectivity index (χ3v) is 4.28. The van der Waals surface area contributed by atoms with Gasteiger partial charge in [-0.1, -0.05) is 20.8 Å². The van der Waals surface area contributed by atoms with E-state index in [0.717, 1.165) is 19.3 Å². The summed E-state index contributed by atoms with van der Waals surface area (Å²) in [7, 11) is 0. The van der Waals surface area contributed by atoms with Crippen LogP contribution >= 0.6 is 0 Å². The maximum absolute atomic E-state index is 12.2. The molecule has 0 radical (unpaired) electrons. The van der Waals surface area contributed by atoms with Crippen molar-refractivity contribution in [2.24, 2.45) is 17.1 Å². The Morgan fingerprint density at radius 3 is 2.43 bits per heavy atom. The predicted molar refractivity (Wildman–Crippen MR) is 84.5 cm³/mol. The largest absolute Gasteiger partial charge is 0.481 e. The summed E-state index contributed by atoms with van der Waals surface area (Å²) in [5, 5.41) is 11.0. The zero-order valence-corrected chi connectivity index (χ0v) is 14.3. The number of nitrogens with one attached hydrogen (secondary N) is 1. The van der Waals surface area contributed by atoms with Gasteiger partial charge in [0.2, 0.25) is 5.91 Å². The summed E-state index contributed by atoms with van der Waals surface area (Å²) in [5.74, 6) is -2.05. The average molecular weight is 328 g/mol. The Kier molecular flexibility index (Phi) is 6.56. The van der Waals surface area contributed by atoms with Crippen LogP contribution in [0.25, 0.3) is 0 Å². The summed E-state index contributed by atoms with van der Waals surface area (Å²) in [6, 6.07) is -2.04. The van der Waals surface area contributed by atoms with Crippen molar-refractivity contribution < 1.29 is 24.2 Å². The number of hydrogen-bond donors (Lipinski definition) is 3. The summed E-state index contributed by atoms with van der Waals surface area (Å²) >= 11 is 0. The van der Waals surface area contributed by atoms with Crippen LogP contribution in [0.1, 0.15) is 53.4 Å². The Morgan fingerprint density at radius 1 is 1.30 bits per heavy atom. The Labute approximate surface area is 136 Å². The molecule has 4 atom stereocenters. The molecule has 0 spiro atoms. The smallest absolute Gasteiger partial charge is 0.328 e. The lowest BCUT2D eigenvalue weighted by Crippen LogP contribution is -2.49. The van der Waals surface area contributed by atoms with Crippen LogP contribution in [0.5, 0.6) is 0 Å². The average Bonchev–Trinajstić information content (AvgIpc) is 2.85. The number of esters is 1. The molecule has 0 bridgehead atoms. The summed E-state index contributed by atoms with van der Waals surface area (Å²) < 4.78 is 5.56. The van der Waals surface area contributed by atoms with Gasteiger partial charge in [0.25, 0.3) is 0 Å². The molecule has 0 saturated heterocycles. The standard InChI is InChI=1S/C16H28N2O5/c1-9(18-14(21)11(17)8-13(19)20)15(22)23-12-7-5-6-10(12)16(2,3)4/h9-12H,5-8,17H2,1-4H3,(H,18,21)(H,19,20)/t9-,10?,11-,12?/m0/s1. The van der Waals surface area contributed by atoms with Gasteiger partial charge in [-0.2, -0.15) is 0 Å². The first-order chi connectivity index (χ1) is 10.5. The van der Waals surface area contributed by atoms with Crippen molar-refractivity contribution >= 4 is 17.8 Å². The number of carboxylic acids is 1. The van der Waals surface area contributed by atoms with Crippen molar-refractivity contribution in [1.82, 2.24) is 5.32 Å². The van der Waals surface area contributed by atoms with E-state index < -0.39 is 36.4 Å². The van der Waals surface area contributed by atoms with Crippen LogP contribution < -0.4 is 11.1 Å². The summed E-state index contributed by atoms with van der Waals surface area (Å²) in [4.78, 5) is 34.4. The molecule has 0 aromatic rings. The molecule has 1 amide bonds. The van der Waals surface area contributed by atoms with Gasteiger partial charge in [0.05, 0.1) is 12.5 Å². The Balaban J connectivity index is 2.54. The molecule has 7 nitrogen and oxygen atoms in total. The molecule has 1 fully saturated rings. The molecular formula is C16H28N2O5. The first kappa shape index (κ1) is 19.4. The molecule has 4 N–H and O–H groups in total. The number of ether oxygens (including phenoxy) is 1. The molecule has 0 heterocycles. The number of aliphatic carboxylic acids is 1. The van der Waals surface area contributed by atoms with E-state index in [0.29, 0.717) is 5.92 Å². The minimum absolute atomic E-state index is 0.0533. The third kappa shape index (κ3) is 5.82. The number of carboxylic acid groups (broad SMARTS) is 1. The zero-order valence-electron chi connectivity index (χ0n) is 14.3. The van der Waals surface area contributed by atoms with E-state index in [4.69, 9.17) is 15.6 Å². The lowest BCUT2D eigenvalue weighted by molar-refractivity contribution is -0.156. The molecule has 0 aromatic heterocycles. The fraction of sp³-hybridized carbons (Fsp3) is 0.812. The predicted octanol–water partition coefficient (Wildman–Crippen LogP) is 1.05. The van der Waals surface area contributed by atoms with Crippen LogP contribution in [0.4, 0.5) is 0 Å². The van der Waals surface area contributed by atoms with Gasteiger partial charge in [0, 0.05) is 5.92 Å². The molecule has 1 aliphatic rings. The molecule has 1 aliphatic carbocycles. The Hall–Kier alpha value is -1.63. The van der Waals surface area contributed by atoms with Crippen LogP contribution in [0.2, 0.25) is 0 Å². The highest BCUT2D eigenvalue weighted by atomic mass is 16.5. The highest BCUT2D eigenvalue weighted by Crippen LogP contribution is 2.40. The number of nitrogens with two attached hydrogens (primary N) is 1. The molecule has 1 saturated carbocycles. The van der Waals surface area contributed by atoms with Gasteiger partial charge in [-0.15, -0.1) is 0 Å². The zero-order chi connectivity index (χ0) is 17.8. The van der Waals surface area contributed by atoms with Crippen LogP contribution in [-0.2, 0) is 19.1 Å². The Bertz CT molecular complexity index is 458.